The first kappa shape index (κ1) is 12.2. The molecule has 5 nitrogen and oxygen atoms in total. The smallest absolute Gasteiger partial charge is 0.326 e. The molecule has 0 aliphatic rings. The van der Waals surface area contributed by atoms with Gasteiger partial charge < -0.3 is 10.4 Å². The van der Waals surface area contributed by atoms with E-state index in [1.54, 1.807) is 12.3 Å². The summed E-state index contributed by atoms with van der Waals surface area (Å²) < 4.78 is 0. The van der Waals surface area contributed by atoms with Gasteiger partial charge in [-0.3, -0.25) is 9.78 Å². The summed E-state index contributed by atoms with van der Waals surface area (Å²) in [5, 5.41) is 11.3. The highest BCUT2D eigenvalue weighted by Gasteiger charge is 2.18. The maximum absolute atomic E-state index is 10.9. The minimum absolute atomic E-state index is 0.238. The van der Waals surface area contributed by atoms with E-state index in [-0.39, 0.29) is 12.3 Å². The number of carbonyl (C=O) groups is 2. The number of rotatable bonds is 4. The van der Waals surface area contributed by atoms with E-state index in [1.807, 2.05) is 13.0 Å². The van der Waals surface area contributed by atoms with Gasteiger partial charge in [-0.05, 0) is 18.6 Å². The van der Waals surface area contributed by atoms with Gasteiger partial charge in [0.25, 0.3) is 0 Å². The summed E-state index contributed by atoms with van der Waals surface area (Å²) in [5.41, 5.74) is 1.65. The number of hydrogen-bond acceptors (Lipinski definition) is 3. The van der Waals surface area contributed by atoms with Gasteiger partial charge in [0.15, 0.2) is 0 Å². The van der Waals surface area contributed by atoms with Gasteiger partial charge in [-0.15, -0.1) is 0 Å². The number of nitrogens with one attached hydrogen (secondary N) is 1. The van der Waals surface area contributed by atoms with E-state index in [0.29, 0.717) is 0 Å². The maximum atomic E-state index is 10.9. The van der Waals surface area contributed by atoms with Gasteiger partial charge in [-0.25, -0.2) is 4.79 Å². The Balaban J connectivity index is 2.71. The highest BCUT2D eigenvalue weighted by atomic mass is 16.4. The molecule has 0 saturated carbocycles. The van der Waals surface area contributed by atoms with Crippen molar-refractivity contribution < 1.29 is 14.7 Å². The van der Waals surface area contributed by atoms with Crippen molar-refractivity contribution >= 4 is 11.9 Å². The normalized spacial score (nSPS) is 11.9. The highest BCUT2D eigenvalue weighted by Crippen LogP contribution is 2.03. The van der Waals surface area contributed by atoms with Crippen molar-refractivity contribution in [3.05, 3.63) is 29.6 Å². The third kappa shape index (κ3) is 3.68. The SMILES string of the molecule is CC(=O)NC(Cc1ccc(C)nc1)C(=O)O. The molecule has 1 aromatic rings. The molecule has 0 bridgehead atoms. The molecule has 1 aromatic heterocycles. The summed E-state index contributed by atoms with van der Waals surface area (Å²) >= 11 is 0. The Hall–Kier alpha value is -1.91. The van der Waals surface area contributed by atoms with E-state index in [0.717, 1.165) is 11.3 Å². The summed E-state index contributed by atoms with van der Waals surface area (Å²) in [6.45, 7) is 3.15. The number of carboxylic acid groups (broad SMARTS) is 1. The van der Waals surface area contributed by atoms with Crippen LogP contribution < -0.4 is 5.32 Å². The average Bonchev–Trinajstić information content (AvgIpc) is 2.19. The van der Waals surface area contributed by atoms with E-state index in [4.69, 9.17) is 5.11 Å². The highest BCUT2D eigenvalue weighted by molar-refractivity contribution is 5.82. The third-order valence-corrected chi connectivity index (χ3v) is 2.09. The Bertz CT molecular complexity index is 387. The molecule has 0 fully saturated rings. The van der Waals surface area contributed by atoms with Crippen molar-refractivity contribution in [2.75, 3.05) is 0 Å². The molecular weight excluding hydrogens is 208 g/mol. The van der Waals surface area contributed by atoms with E-state index in [9.17, 15) is 9.59 Å². The van der Waals surface area contributed by atoms with Crippen molar-refractivity contribution in [3.8, 4) is 0 Å². The second kappa shape index (κ2) is 5.25. The molecule has 1 rings (SSSR count). The second-order valence-corrected chi connectivity index (χ2v) is 3.60. The van der Waals surface area contributed by atoms with Crippen molar-refractivity contribution in [2.24, 2.45) is 0 Å². The summed E-state index contributed by atoms with van der Waals surface area (Å²) in [5.74, 6) is -1.40. The zero-order valence-electron chi connectivity index (χ0n) is 9.23. The Morgan fingerprint density at radius 2 is 2.19 bits per heavy atom. The molecule has 0 aliphatic carbocycles. The largest absolute Gasteiger partial charge is 0.480 e. The van der Waals surface area contributed by atoms with E-state index in [1.165, 1.54) is 6.92 Å². The molecule has 2 N–H and O–H groups in total. The van der Waals surface area contributed by atoms with Crippen LogP contribution in [0.1, 0.15) is 18.2 Å². The number of hydrogen-bond donors (Lipinski definition) is 2. The number of pyridine rings is 1. The van der Waals surface area contributed by atoms with Gasteiger partial charge >= 0.3 is 5.97 Å². The maximum Gasteiger partial charge on any atom is 0.326 e. The third-order valence-electron chi connectivity index (χ3n) is 2.09. The van der Waals surface area contributed by atoms with Gasteiger partial charge in [-0.2, -0.15) is 0 Å². The number of amides is 1. The number of carbonyl (C=O) groups excluding carboxylic acids is 1. The molecule has 0 aliphatic heterocycles. The Morgan fingerprint density at radius 3 is 2.62 bits per heavy atom. The number of aromatic nitrogens is 1. The summed E-state index contributed by atoms with van der Waals surface area (Å²) in [4.78, 5) is 25.7. The van der Waals surface area contributed by atoms with Crippen LogP contribution in [0.25, 0.3) is 0 Å². The van der Waals surface area contributed by atoms with Crippen molar-refractivity contribution in [2.45, 2.75) is 26.3 Å². The second-order valence-electron chi connectivity index (χ2n) is 3.60. The molecule has 0 aromatic carbocycles. The Kier molecular flexibility index (Phi) is 3.99. The molecule has 1 amide bonds. The van der Waals surface area contributed by atoms with E-state index >= 15 is 0 Å². The van der Waals surface area contributed by atoms with Gasteiger partial charge in [0.2, 0.25) is 5.91 Å². The van der Waals surface area contributed by atoms with Crippen LogP contribution in [0.2, 0.25) is 0 Å². The lowest BCUT2D eigenvalue weighted by Gasteiger charge is -2.12. The molecule has 16 heavy (non-hydrogen) atoms. The van der Waals surface area contributed by atoms with Gasteiger partial charge in [-0.1, -0.05) is 6.07 Å². The van der Waals surface area contributed by atoms with Gasteiger partial charge in [0, 0.05) is 25.2 Å². The van der Waals surface area contributed by atoms with Crippen LogP contribution in [0.5, 0.6) is 0 Å². The summed E-state index contributed by atoms with van der Waals surface area (Å²) in [6, 6.07) is 2.71. The van der Waals surface area contributed by atoms with E-state index < -0.39 is 12.0 Å². The zero-order valence-corrected chi connectivity index (χ0v) is 9.23. The molecule has 86 valence electrons. The van der Waals surface area contributed by atoms with Crippen LogP contribution in [-0.4, -0.2) is 28.0 Å². The van der Waals surface area contributed by atoms with Crippen LogP contribution >= 0.6 is 0 Å². The number of aliphatic carboxylic acids is 1. The minimum Gasteiger partial charge on any atom is -0.480 e. The Labute approximate surface area is 93.5 Å². The van der Waals surface area contributed by atoms with Crippen LogP contribution in [0, 0.1) is 6.92 Å². The lowest BCUT2D eigenvalue weighted by Crippen LogP contribution is -2.41. The van der Waals surface area contributed by atoms with Crippen LogP contribution in [0.3, 0.4) is 0 Å². The molecule has 5 heteroatoms. The Morgan fingerprint density at radius 1 is 1.50 bits per heavy atom. The van der Waals surface area contributed by atoms with E-state index in [2.05, 4.69) is 10.3 Å². The van der Waals surface area contributed by atoms with Gasteiger partial charge in [0.05, 0.1) is 0 Å². The van der Waals surface area contributed by atoms with Crippen molar-refractivity contribution in [1.82, 2.24) is 10.3 Å². The fourth-order valence-corrected chi connectivity index (χ4v) is 1.30. The lowest BCUT2D eigenvalue weighted by atomic mass is 10.1. The first-order valence-corrected chi connectivity index (χ1v) is 4.90. The molecule has 1 heterocycles. The number of carboxylic acids is 1. The zero-order chi connectivity index (χ0) is 12.1. The van der Waals surface area contributed by atoms with Crippen molar-refractivity contribution in [3.63, 3.8) is 0 Å². The van der Waals surface area contributed by atoms with Gasteiger partial charge in [0.1, 0.15) is 6.04 Å². The molecule has 0 radical (unpaired) electrons. The van der Waals surface area contributed by atoms with Crippen LogP contribution in [0.15, 0.2) is 18.3 Å². The molecule has 1 unspecified atom stereocenters. The fraction of sp³-hybridized carbons (Fsp3) is 0.364. The van der Waals surface area contributed by atoms with Crippen molar-refractivity contribution in [1.29, 1.82) is 0 Å². The monoisotopic (exact) mass is 222 g/mol. The minimum atomic E-state index is -1.05. The van der Waals surface area contributed by atoms with Crippen LogP contribution in [0.4, 0.5) is 0 Å². The summed E-state index contributed by atoms with van der Waals surface area (Å²) in [7, 11) is 0. The molecule has 1 atom stereocenters. The molecule has 0 spiro atoms. The lowest BCUT2D eigenvalue weighted by molar-refractivity contribution is -0.141. The number of aryl methyl sites for hydroxylation is 1. The quantitative estimate of drug-likeness (QED) is 0.778. The predicted molar refractivity (Wildman–Crippen MR) is 57.9 cm³/mol. The first-order chi connectivity index (χ1) is 7.49. The topological polar surface area (TPSA) is 79.3 Å². The molecular formula is C11H14N2O3. The average molecular weight is 222 g/mol. The fourth-order valence-electron chi connectivity index (χ4n) is 1.30. The summed E-state index contributed by atoms with van der Waals surface area (Å²) in [6.07, 6.45) is 1.86. The standard InChI is InChI=1S/C11H14N2O3/c1-7-3-4-9(6-12-7)5-10(11(15)16)13-8(2)14/h3-4,6,10H,5H2,1-2H3,(H,13,14)(H,15,16). The number of nitrogens with zero attached hydrogens (tertiary/aromatic N) is 1. The predicted octanol–water partition coefficient (Wildman–Crippen LogP) is 0.522. The molecule has 0 saturated heterocycles. The first-order valence-electron chi connectivity index (χ1n) is 4.90. The van der Waals surface area contributed by atoms with Crippen LogP contribution in [-0.2, 0) is 16.0 Å².